The summed E-state index contributed by atoms with van der Waals surface area (Å²) in [6.07, 6.45) is 1.60. The van der Waals surface area contributed by atoms with E-state index in [1.807, 2.05) is 4.90 Å². The average Bonchev–Trinajstić information content (AvgIpc) is 2.96. The summed E-state index contributed by atoms with van der Waals surface area (Å²) >= 11 is 0. The quantitative estimate of drug-likeness (QED) is 0.671. The van der Waals surface area contributed by atoms with Crippen LogP contribution in [0.4, 0.5) is 5.95 Å². The Hall–Kier alpha value is -2.18. The molecule has 0 bridgehead atoms. The Morgan fingerprint density at radius 2 is 1.89 bits per heavy atom. The van der Waals surface area contributed by atoms with E-state index in [1.165, 1.54) is 19.1 Å². The predicted octanol–water partition coefficient (Wildman–Crippen LogP) is -0.464. The van der Waals surface area contributed by atoms with E-state index in [1.54, 1.807) is 12.3 Å². The van der Waals surface area contributed by atoms with Crippen LogP contribution in [0.5, 0.6) is 5.88 Å². The van der Waals surface area contributed by atoms with Crippen LogP contribution in [-0.4, -0.2) is 53.9 Å². The minimum Gasteiger partial charge on any atom is -0.481 e. The fraction of sp³-hybridized carbons (Fsp3) is 0.500. The molecule has 7 nitrogen and oxygen atoms in total. The van der Waals surface area contributed by atoms with Crippen LogP contribution >= 0.6 is 0 Å². The Morgan fingerprint density at radius 1 is 1.26 bits per heavy atom. The van der Waals surface area contributed by atoms with Crippen molar-refractivity contribution in [1.82, 2.24) is 14.9 Å². The molecule has 0 spiro atoms. The van der Waals surface area contributed by atoms with Gasteiger partial charge in [0.25, 0.3) is 0 Å². The third kappa shape index (κ3) is 1.73. The summed E-state index contributed by atoms with van der Waals surface area (Å²) in [5, 5.41) is 0. The van der Waals surface area contributed by atoms with E-state index in [0.717, 1.165) is 0 Å². The van der Waals surface area contributed by atoms with Crippen LogP contribution in [-0.2, 0) is 9.59 Å². The van der Waals surface area contributed by atoms with Crippen LogP contribution in [0.3, 0.4) is 0 Å². The SMILES string of the molecule is COc1ccnc(N2CC3C(=O)N(C)C(=O)C3C2)n1. The highest BCUT2D eigenvalue weighted by molar-refractivity contribution is 6.06. The second-order valence-electron chi connectivity index (χ2n) is 4.75. The molecule has 3 rings (SSSR count). The monoisotopic (exact) mass is 262 g/mol. The molecule has 2 atom stereocenters. The van der Waals surface area contributed by atoms with Crippen molar-refractivity contribution < 1.29 is 14.3 Å². The fourth-order valence-electron chi connectivity index (χ4n) is 2.67. The molecule has 2 amide bonds. The van der Waals surface area contributed by atoms with Gasteiger partial charge in [0.2, 0.25) is 23.6 Å². The smallest absolute Gasteiger partial charge is 0.234 e. The first-order valence-electron chi connectivity index (χ1n) is 6.05. The van der Waals surface area contributed by atoms with E-state index in [0.29, 0.717) is 24.9 Å². The van der Waals surface area contributed by atoms with Gasteiger partial charge >= 0.3 is 0 Å². The fourth-order valence-corrected chi connectivity index (χ4v) is 2.67. The summed E-state index contributed by atoms with van der Waals surface area (Å²) < 4.78 is 5.05. The van der Waals surface area contributed by atoms with Crippen molar-refractivity contribution in [1.29, 1.82) is 0 Å². The summed E-state index contributed by atoms with van der Waals surface area (Å²) in [5.41, 5.74) is 0. The number of nitrogens with zero attached hydrogens (tertiary/aromatic N) is 4. The molecular weight excluding hydrogens is 248 g/mol. The number of methoxy groups -OCH3 is 1. The highest BCUT2D eigenvalue weighted by Crippen LogP contribution is 2.34. The standard InChI is InChI=1S/C12H14N4O3/c1-15-10(17)7-5-16(6-8(7)11(15)18)12-13-4-3-9(14-12)19-2/h3-4,7-8H,5-6H2,1-2H3. The summed E-state index contributed by atoms with van der Waals surface area (Å²) in [5.74, 6) is 0.203. The van der Waals surface area contributed by atoms with Crippen LogP contribution in [0.2, 0.25) is 0 Å². The molecule has 100 valence electrons. The third-order valence-electron chi connectivity index (χ3n) is 3.72. The zero-order valence-corrected chi connectivity index (χ0v) is 10.7. The number of carbonyl (C=O) groups is 2. The molecule has 2 aliphatic rings. The number of hydrogen-bond donors (Lipinski definition) is 0. The lowest BCUT2D eigenvalue weighted by Gasteiger charge is -2.18. The summed E-state index contributed by atoms with van der Waals surface area (Å²) in [7, 11) is 3.07. The van der Waals surface area contributed by atoms with Crippen molar-refractivity contribution in [3.8, 4) is 5.88 Å². The molecule has 0 aliphatic carbocycles. The van der Waals surface area contributed by atoms with E-state index in [2.05, 4.69) is 9.97 Å². The lowest BCUT2D eigenvalue weighted by Crippen LogP contribution is -2.33. The highest BCUT2D eigenvalue weighted by atomic mass is 16.5. The lowest BCUT2D eigenvalue weighted by molar-refractivity contribution is -0.138. The number of hydrogen-bond acceptors (Lipinski definition) is 6. The number of ether oxygens (including phenoxy) is 1. The maximum atomic E-state index is 11.9. The first-order valence-corrected chi connectivity index (χ1v) is 6.05. The van der Waals surface area contributed by atoms with Crippen molar-refractivity contribution >= 4 is 17.8 Å². The van der Waals surface area contributed by atoms with Crippen molar-refractivity contribution in [2.75, 3.05) is 32.1 Å². The Bertz CT molecular complexity index is 524. The summed E-state index contributed by atoms with van der Waals surface area (Å²) in [6.45, 7) is 0.958. The van der Waals surface area contributed by atoms with E-state index >= 15 is 0 Å². The van der Waals surface area contributed by atoms with Crippen LogP contribution in [0.1, 0.15) is 0 Å². The van der Waals surface area contributed by atoms with Gasteiger partial charge in [0.05, 0.1) is 18.9 Å². The van der Waals surface area contributed by atoms with Crippen LogP contribution in [0.15, 0.2) is 12.3 Å². The molecule has 2 saturated heterocycles. The van der Waals surface area contributed by atoms with E-state index in [9.17, 15) is 9.59 Å². The maximum absolute atomic E-state index is 11.9. The third-order valence-corrected chi connectivity index (χ3v) is 3.72. The topological polar surface area (TPSA) is 75.6 Å². The first kappa shape index (κ1) is 11.9. The Kier molecular flexibility index (Phi) is 2.62. The number of imide groups is 1. The molecule has 0 radical (unpaired) electrons. The molecule has 2 aliphatic heterocycles. The first-order chi connectivity index (χ1) is 9.11. The van der Waals surface area contributed by atoms with Crippen LogP contribution < -0.4 is 9.64 Å². The van der Waals surface area contributed by atoms with E-state index in [4.69, 9.17) is 4.74 Å². The molecule has 2 fully saturated rings. The van der Waals surface area contributed by atoms with Crippen molar-refractivity contribution in [2.45, 2.75) is 0 Å². The molecule has 19 heavy (non-hydrogen) atoms. The molecule has 1 aromatic rings. The summed E-state index contributed by atoms with van der Waals surface area (Å²) in [6, 6.07) is 1.66. The van der Waals surface area contributed by atoms with Crippen LogP contribution in [0.25, 0.3) is 0 Å². The molecule has 0 N–H and O–H groups in total. The zero-order valence-electron chi connectivity index (χ0n) is 10.7. The van der Waals surface area contributed by atoms with E-state index < -0.39 is 0 Å². The largest absolute Gasteiger partial charge is 0.481 e. The number of fused-ring (bicyclic) bond motifs is 1. The number of likely N-dealkylation sites (tertiary alicyclic amines) is 1. The van der Waals surface area contributed by atoms with Gasteiger partial charge in [-0.2, -0.15) is 4.98 Å². The number of amides is 2. The van der Waals surface area contributed by atoms with Gasteiger partial charge in [0.15, 0.2) is 0 Å². The normalized spacial score (nSPS) is 26.0. The second kappa shape index (κ2) is 4.18. The lowest BCUT2D eigenvalue weighted by atomic mass is 10.00. The Morgan fingerprint density at radius 3 is 2.47 bits per heavy atom. The minimum absolute atomic E-state index is 0.111. The Balaban J connectivity index is 1.83. The zero-order chi connectivity index (χ0) is 13.6. The van der Waals surface area contributed by atoms with Crippen LogP contribution in [0, 0.1) is 11.8 Å². The van der Waals surface area contributed by atoms with Gasteiger partial charge in [-0.25, -0.2) is 4.98 Å². The number of rotatable bonds is 2. The van der Waals surface area contributed by atoms with Crippen molar-refractivity contribution in [3.63, 3.8) is 0 Å². The maximum Gasteiger partial charge on any atom is 0.234 e. The average molecular weight is 262 g/mol. The van der Waals surface area contributed by atoms with Gasteiger partial charge in [0.1, 0.15) is 0 Å². The van der Waals surface area contributed by atoms with Gasteiger partial charge in [-0.1, -0.05) is 0 Å². The molecule has 2 unspecified atom stereocenters. The van der Waals surface area contributed by atoms with Crippen molar-refractivity contribution in [3.05, 3.63) is 12.3 Å². The number of aromatic nitrogens is 2. The molecule has 7 heteroatoms. The number of carbonyl (C=O) groups excluding carboxylic acids is 2. The molecule has 3 heterocycles. The molecule has 0 aromatic carbocycles. The highest BCUT2D eigenvalue weighted by Gasteiger charge is 2.51. The van der Waals surface area contributed by atoms with Gasteiger partial charge in [-0.3, -0.25) is 14.5 Å². The van der Waals surface area contributed by atoms with E-state index in [-0.39, 0.29) is 23.7 Å². The van der Waals surface area contributed by atoms with Gasteiger partial charge in [-0.05, 0) is 0 Å². The summed E-state index contributed by atoms with van der Waals surface area (Å²) in [4.78, 5) is 35.3. The second-order valence-corrected chi connectivity index (χ2v) is 4.75. The van der Waals surface area contributed by atoms with Gasteiger partial charge < -0.3 is 9.64 Å². The minimum atomic E-state index is -0.271. The predicted molar refractivity (Wildman–Crippen MR) is 65.6 cm³/mol. The van der Waals surface area contributed by atoms with Gasteiger partial charge in [0, 0.05) is 32.4 Å². The number of anilines is 1. The molecule has 1 aromatic heterocycles. The molecule has 0 saturated carbocycles. The van der Waals surface area contributed by atoms with Crippen molar-refractivity contribution in [2.24, 2.45) is 11.8 Å². The van der Waals surface area contributed by atoms with Gasteiger partial charge in [-0.15, -0.1) is 0 Å². The Labute approximate surface area is 110 Å². The molecular formula is C12H14N4O3.